The smallest absolute Gasteiger partial charge is 0.229 e. The zero-order chi connectivity index (χ0) is 27.6. The summed E-state index contributed by atoms with van der Waals surface area (Å²) in [5.74, 6) is 1.15. The highest BCUT2D eigenvalue weighted by Gasteiger charge is 2.23. The third-order valence-corrected chi connectivity index (χ3v) is 8.22. The van der Waals surface area contributed by atoms with Crippen LogP contribution >= 0.6 is 11.6 Å². The zero-order valence-corrected chi connectivity index (χ0v) is 23.7. The number of nitrogens with zero attached hydrogens (tertiary/aromatic N) is 3. The number of aromatic amines is 1. The summed E-state index contributed by atoms with van der Waals surface area (Å²) in [5, 5.41) is 13.3. The van der Waals surface area contributed by atoms with Gasteiger partial charge in [0, 0.05) is 11.3 Å². The van der Waals surface area contributed by atoms with Crippen LogP contribution < -0.4 is 15.4 Å². The molecule has 9 nitrogen and oxygen atoms in total. The van der Waals surface area contributed by atoms with Crippen molar-refractivity contribution in [2.75, 3.05) is 10.6 Å². The predicted octanol–water partition coefficient (Wildman–Crippen LogP) is 6.59. The van der Waals surface area contributed by atoms with E-state index in [0.29, 0.717) is 17.1 Å². The summed E-state index contributed by atoms with van der Waals surface area (Å²) in [6, 6.07) is 12.5. The van der Waals surface area contributed by atoms with Gasteiger partial charge in [0.2, 0.25) is 5.95 Å². The van der Waals surface area contributed by atoms with Crippen LogP contribution in [0.25, 0.3) is 11.3 Å². The summed E-state index contributed by atoms with van der Waals surface area (Å²) >= 11 is 6.41. The van der Waals surface area contributed by atoms with Crippen molar-refractivity contribution in [3.05, 3.63) is 64.9 Å². The number of hydrogen-bond donors (Lipinski definition) is 3. The van der Waals surface area contributed by atoms with Crippen molar-refractivity contribution < 1.29 is 13.2 Å². The molecule has 38 heavy (non-hydrogen) atoms. The molecule has 200 valence electrons. The number of rotatable bonds is 9. The van der Waals surface area contributed by atoms with Crippen molar-refractivity contribution in [1.82, 2.24) is 20.2 Å². The van der Waals surface area contributed by atoms with Gasteiger partial charge in [0.1, 0.15) is 10.8 Å². The average molecular weight is 555 g/mol. The minimum Gasteiger partial charge on any atom is -0.489 e. The van der Waals surface area contributed by atoms with Crippen molar-refractivity contribution in [3.63, 3.8) is 0 Å². The molecule has 0 unspecified atom stereocenters. The summed E-state index contributed by atoms with van der Waals surface area (Å²) in [6.07, 6.45) is 1.39. The Morgan fingerprint density at radius 2 is 1.74 bits per heavy atom. The first-order valence-electron chi connectivity index (χ1n) is 12.2. The zero-order valence-electron chi connectivity index (χ0n) is 22.1. The summed E-state index contributed by atoms with van der Waals surface area (Å²) in [6.45, 7) is 11.1. The van der Waals surface area contributed by atoms with Gasteiger partial charge in [0.15, 0.2) is 15.7 Å². The molecule has 0 spiro atoms. The van der Waals surface area contributed by atoms with Gasteiger partial charge in [-0.1, -0.05) is 23.7 Å². The van der Waals surface area contributed by atoms with E-state index in [1.54, 1.807) is 38.1 Å². The van der Waals surface area contributed by atoms with E-state index in [1.165, 1.54) is 6.20 Å². The summed E-state index contributed by atoms with van der Waals surface area (Å²) in [5.41, 5.74) is 4.71. The lowest BCUT2D eigenvalue weighted by Gasteiger charge is -2.18. The van der Waals surface area contributed by atoms with Crippen molar-refractivity contribution >= 4 is 44.6 Å². The third-order valence-electron chi connectivity index (χ3n) is 5.73. The number of benzene rings is 2. The van der Waals surface area contributed by atoms with Gasteiger partial charge >= 0.3 is 0 Å². The normalized spacial score (nSPS) is 11.7. The highest BCUT2D eigenvalue weighted by molar-refractivity contribution is 7.92. The molecule has 0 amide bonds. The number of hydrogen-bond acceptors (Lipinski definition) is 8. The second-order valence-electron chi connectivity index (χ2n) is 9.50. The molecule has 0 fully saturated rings. The van der Waals surface area contributed by atoms with Gasteiger partial charge in [-0.25, -0.2) is 13.4 Å². The fraction of sp³-hybridized carbons (Fsp3) is 0.296. The Kier molecular flexibility index (Phi) is 7.94. The number of ether oxygens (including phenoxy) is 1. The lowest BCUT2D eigenvalue weighted by atomic mass is 10.0. The van der Waals surface area contributed by atoms with Gasteiger partial charge in [-0.15, -0.1) is 0 Å². The molecule has 3 N–H and O–H groups in total. The molecule has 4 rings (SSSR count). The molecule has 2 heterocycles. The average Bonchev–Trinajstić information content (AvgIpc) is 3.28. The number of sulfone groups is 1. The molecule has 0 aliphatic carbocycles. The molecule has 11 heteroatoms. The van der Waals surface area contributed by atoms with Gasteiger partial charge in [-0.05, 0) is 77.4 Å². The number of anilines is 4. The summed E-state index contributed by atoms with van der Waals surface area (Å²) in [7, 11) is -3.54. The summed E-state index contributed by atoms with van der Waals surface area (Å²) in [4.78, 5) is 9.05. The topological polar surface area (TPSA) is 122 Å². The second kappa shape index (κ2) is 11.0. The predicted molar refractivity (Wildman–Crippen MR) is 152 cm³/mol. The maximum Gasteiger partial charge on any atom is 0.229 e. The SMILES string of the molecule is Cc1cc(-c2cc(Nc3ncc(Cl)c(Nc4ccccc4S(=O)(=O)C(C)C)n3)c(OC(C)C)cc2C)n[nH]1. The van der Waals surface area contributed by atoms with Crippen molar-refractivity contribution in [2.24, 2.45) is 0 Å². The van der Waals surface area contributed by atoms with Crippen LogP contribution in [-0.4, -0.2) is 39.9 Å². The van der Waals surface area contributed by atoms with Crippen LogP contribution in [0.2, 0.25) is 5.02 Å². The van der Waals surface area contributed by atoms with Crippen LogP contribution in [0, 0.1) is 13.8 Å². The van der Waals surface area contributed by atoms with Crippen LogP contribution in [0.15, 0.2) is 53.6 Å². The first kappa shape index (κ1) is 27.4. The second-order valence-corrected chi connectivity index (χ2v) is 12.4. The van der Waals surface area contributed by atoms with Crippen molar-refractivity contribution in [1.29, 1.82) is 0 Å². The lowest BCUT2D eigenvalue weighted by molar-refractivity contribution is 0.243. The fourth-order valence-electron chi connectivity index (χ4n) is 3.80. The van der Waals surface area contributed by atoms with Crippen LogP contribution in [0.3, 0.4) is 0 Å². The first-order valence-corrected chi connectivity index (χ1v) is 14.1. The standard InChI is InChI=1S/C27H31ClN6O3S/c1-15(2)37-24-11-17(5)19(22-12-18(6)33-34-22)13-23(24)31-27-29-14-20(28)26(32-27)30-21-9-7-8-10-25(21)38(35,36)16(3)4/h7-16H,1-6H3,(H,33,34)(H2,29,30,31,32). The molecule has 2 aromatic carbocycles. The van der Waals surface area contributed by atoms with Crippen LogP contribution in [0.4, 0.5) is 23.1 Å². The molecule has 0 saturated heterocycles. The Morgan fingerprint density at radius 3 is 2.39 bits per heavy atom. The fourth-order valence-corrected chi connectivity index (χ4v) is 5.14. The number of halogens is 1. The molecule has 0 bridgehead atoms. The molecule has 0 atom stereocenters. The highest BCUT2D eigenvalue weighted by Crippen LogP contribution is 2.36. The van der Waals surface area contributed by atoms with E-state index in [9.17, 15) is 8.42 Å². The summed E-state index contributed by atoms with van der Waals surface area (Å²) < 4.78 is 31.9. The lowest BCUT2D eigenvalue weighted by Crippen LogP contribution is -2.15. The van der Waals surface area contributed by atoms with E-state index >= 15 is 0 Å². The van der Waals surface area contributed by atoms with Crippen LogP contribution in [0.1, 0.15) is 39.0 Å². The van der Waals surface area contributed by atoms with Gasteiger partial charge in [0.25, 0.3) is 0 Å². The largest absolute Gasteiger partial charge is 0.489 e. The maximum absolute atomic E-state index is 12.9. The number of para-hydroxylation sites is 1. The maximum atomic E-state index is 12.9. The van der Waals surface area contributed by atoms with Gasteiger partial charge in [0.05, 0.1) is 39.5 Å². The minimum atomic E-state index is -3.54. The Labute approximate surface area is 228 Å². The molecule has 0 saturated carbocycles. The van der Waals surface area contributed by atoms with Crippen molar-refractivity contribution in [2.45, 2.75) is 57.8 Å². The van der Waals surface area contributed by atoms with E-state index in [0.717, 1.165) is 22.5 Å². The van der Waals surface area contributed by atoms with Gasteiger partial charge < -0.3 is 15.4 Å². The van der Waals surface area contributed by atoms with E-state index in [2.05, 4.69) is 30.8 Å². The van der Waals surface area contributed by atoms with Crippen molar-refractivity contribution in [3.8, 4) is 17.0 Å². The van der Waals surface area contributed by atoms with E-state index < -0.39 is 15.1 Å². The van der Waals surface area contributed by atoms with Gasteiger partial charge in [-0.3, -0.25) is 5.10 Å². The van der Waals surface area contributed by atoms with Crippen LogP contribution in [-0.2, 0) is 9.84 Å². The molecule has 0 aliphatic rings. The number of nitrogens with one attached hydrogen (secondary N) is 3. The minimum absolute atomic E-state index is 0.0591. The van der Waals surface area contributed by atoms with Crippen LogP contribution in [0.5, 0.6) is 5.75 Å². The molecule has 0 aliphatic heterocycles. The first-order chi connectivity index (χ1) is 18.0. The van der Waals surface area contributed by atoms with Gasteiger partial charge in [-0.2, -0.15) is 10.1 Å². The Morgan fingerprint density at radius 1 is 1.00 bits per heavy atom. The Bertz CT molecular complexity index is 1570. The molecular weight excluding hydrogens is 524 g/mol. The monoisotopic (exact) mass is 554 g/mol. The highest BCUT2D eigenvalue weighted by atomic mass is 35.5. The number of H-pyrrole nitrogens is 1. The molecule has 2 aromatic heterocycles. The third kappa shape index (κ3) is 5.92. The van der Waals surface area contributed by atoms with E-state index in [1.807, 2.05) is 45.9 Å². The Hall–Kier alpha value is -3.63. The number of aryl methyl sites for hydroxylation is 2. The molecule has 0 radical (unpaired) electrons. The number of aromatic nitrogens is 4. The Balaban J connectivity index is 1.72. The molecular formula is C27H31ClN6O3S. The quantitative estimate of drug-likeness (QED) is 0.212. The molecule has 4 aromatic rings. The van der Waals surface area contributed by atoms with E-state index in [4.69, 9.17) is 16.3 Å². The van der Waals surface area contributed by atoms with E-state index in [-0.39, 0.29) is 27.8 Å².